The summed E-state index contributed by atoms with van der Waals surface area (Å²) in [5, 5.41) is 13.4. The smallest absolute Gasteiger partial charge is 0.265 e. The molecule has 0 saturated heterocycles. The summed E-state index contributed by atoms with van der Waals surface area (Å²) in [6, 6.07) is 3.05. The number of aromatic amines is 1. The number of hydrogen-bond donors (Lipinski definition) is 4. The van der Waals surface area contributed by atoms with Gasteiger partial charge in [-0.05, 0) is 17.2 Å². The number of nitrogens with two attached hydrogens (primary N) is 2. The molecule has 1 atom stereocenters. The van der Waals surface area contributed by atoms with E-state index in [0.29, 0.717) is 22.4 Å². The number of nitrogens with one attached hydrogen (secondary N) is 2. The fourth-order valence-electron chi connectivity index (χ4n) is 3.16. The summed E-state index contributed by atoms with van der Waals surface area (Å²) >= 11 is 2.72. The Balaban J connectivity index is 0.00000225. The second-order valence-electron chi connectivity index (χ2n) is 5.83. The number of benzene rings is 1. The Labute approximate surface area is 174 Å². The Morgan fingerprint density at radius 1 is 1.36 bits per heavy atom. The molecule has 0 fully saturated rings. The Hall–Kier alpha value is -2.40. The highest BCUT2D eigenvalue weighted by Gasteiger charge is 2.43. The molecule has 3 heterocycles. The minimum atomic E-state index is -0.912. The van der Waals surface area contributed by atoms with Crippen molar-refractivity contribution in [3.63, 3.8) is 0 Å². The molecule has 1 aliphatic heterocycles. The van der Waals surface area contributed by atoms with Gasteiger partial charge in [0, 0.05) is 34.7 Å². The summed E-state index contributed by atoms with van der Waals surface area (Å²) in [7, 11) is 0. The zero-order chi connectivity index (χ0) is 19.0. The molecule has 0 aliphatic carbocycles. The molecule has 1 aromatic carbocycles. The van der Waals surface area contributed by atoms with Crippen LogP contribution in [-0.2, 0) is 16.2 Å². The van der Waals surface area contributed by atoms with Gasteiger partial charge in [0.2, 0.25) is 0 Å². The molecule has 6 N–H and O–H groups in total. The first-order valence-electron chi connectivity index (χ1n) is 7.92. The lowest BCUT2D eigenvalue weighted by atomic mass is 9.90. The molecule has 7 nitrogen and oxygen atoms in total. The molecule has 0 radical (unpaired) electrons. The van der Waals surface area contributed by atoms with Crippen LogP contribution >= 0.6 is 35.5 Å². The van der Waals surface area contributed by atoms with Crippen LogP contribution in [0.4, 0.5) is 4.39 Å². The zero-order valence-corrected chi connectivity index (χ0v) is 16.8. The van der Waals surface area contributed by atoms with Gasteiger partial charge in [-0.3, -0.25) is 9.89 Å². The molecular formula is C17H16ClFN6OS2. The second kappa shape index (κ2) is 7.92. The fraction of sp³-hybridized carbons (Fsp3) is 0.118. The quantitative estimate of drug-likeness (QED) is 0.485. The van der Waals surface area contributed by atoms with E-state index in [1.165, 1.54) is 29.2 Å². The van der Waals surface area contributed by atoms with Crippen LogP contribution in [-0.4, -0.2) is 21.1 Å². The number of thioether (sulfide) groups is 1. The number of aromatic nitrogens is 3. The molecule has 2 aromatic heterocycles. The summed E-state index contributed by atoms with van der Waals surface area (Å²) < 4.78 is 14.7. The van der Waals surface area contributed by atoms with Gasteiger partial charge in [-0.15, -0.1) is 23.7 Å². The van der Waals surface area contributed by atoms with Crippen molar-refractivity contribution in [2.24, 2.45) is 11.5 Å². The molecule has 1 aliphatic rings. The van der Waals surface area contributed by atoms with E-state index >= 15 is 0 Å². The first kappa shape index (κ1) is 20.3. The van der Waals surface area contributed by atoms with Crippen molar-refractivity contribution in [1.29, 1.82) is 0 Å². The van der Waals surface area contributed by atoms with E-state index in [0.717, 1.165) is 5.56 Å². The van der Waals surface area contributed by atoms with E-state index in [1.807, 2.05) is 0 Å². The topological polar surface area (TPSA) is 123 Å². The Morgan fingerprint density at radius 3 is 2.75 bits per heavy atom. The normalized spacial score (nSPS) is 18.3. The lowest BCUT2D eigenvalue weighted by molar-refractivity contribution is -0.114. The van der Waals surface area contributed by atoms with Crippen LogP contribution in [0.5, 0.6) is 0 Å². The predicted molar refractivity (Wildman–Crippen MR) is 110 cm³/mol. The van der Waals surface area contributed by atoms with Gasteiger partial charge in [0.05, 0.1) is 17.4 Å². The lowest BCUT2D eigenvalue weighted by Gasteiger charge is -2.32. The molecule has 28 heavy (non-hydrogen) atoms. The summed E-state index contributed by atoms with van der Waals surface area (Å²) in [5.74, 6) is -0.984. The molecule has 0 bridgehead atoms. The van der Waals surface area contributed by atoms with Crippen molar-refractivity contribution < 1.29 is 9.18 Å². The number of rotatable bonds is 5. The van der Waals surface area contributed by atoms with E-state index in [4.69, 9.17) is 11.5 Å². The molecule has 11 heteroatoms. The number of carbonyl (C=O) groups is 1. The average molecular weight is 439 g/mol. The maximum atomic E-state index is 14.7. The van der Waals surface area contributed by atoms with Gasteiger partial charge in [0.25, 0.3) is 5.91 Å². The molecule has 4 rings (SSSR count). The lowest BCUT2D eigenvalue weighted by Crippen LogP contribution is -2.40. The minimum absolute atomic E-state index is 0. The fourth-order valence-corrected chi connectivity index (χ4v) is 4.91. The van der Waals surface area contributed by atoms with Gasteiger partial charge < -0.3 is 16.8 Å². The third-order valence-electron chi connectivity index (χ3n) is 4.37. The van der Waals surface area contributed by atoms with E-state index in [2.05, 4.69) is 20.5 Å². The van der Waals surface area contributed by atoms with Gasteiger partial charge in [0.15, 0.2) is 0 Å². The molecule has 0 spiro atoms. The maximum absolute atomic E-state index is 14.7. The van der Waals surface area contributed by atoms with E-state index < -0.39 is 16.6 Å². The third kappa shape index (κ3) is 3.18. The number of amides is 1. The minimum Gasteiger partial charge on any atom is -0.364 e. The van der Waals surface area contributed by atoms with Crippen LogP contribution in [0.1, 0.15) is 16.7 Å². The van der Waals surface area contributed by atoms with Crippen molar-refractivity contribution in [2.75, 3.05) is 0 Å². The van der Waals surface area contributed by atoms with Crippen LogP contribution < -0.4 is 16.8 Å². The molecule has 1 unspecified atom stereocenters. The number of hydrogen-bond acceptors (Lipinski definition) is 7. The first-order valence-corrected chi connectivity index (χ1v) is 9.74. The van der Waals surface area contributed by atoms with E-state index in [-0.39, 0.29) is 24.6 Å². The number of nitrogens with zero attached hydrogens (tertiary/aromatic N) is 2. The van der Waals surface area contributed by atoms with Crippen molar-refractivity contribution in [3.05, 3.63) is 69.0 Å². The molecular weight excluding hydrogens is 423 g/mol. The number of primary amides is 1. The number of carbonyl (C=O) groups excluding carboxylic acids is 1. The van der Waals surface area contributed by atoms with Crippen LogP contribution in [0.2, 0.25) is 0 Å². The van der Waals surface area contributed by atoms with E-state index in [9.17, 15) is 9.18 Å². The highest BCUT2D eigenvalue weighted by molar-refractivity contribution is 8.03. The number of halogens is 2. The Morgan fingerprint density at radius 2 is 2.18 bits per heavy atom. The third-order valence-corrected chi connectivity index (χ3v) is 6.22. The van der Waals surface area contributed by atoms with Crippen molar-refractivity contribution in [1.82, 2.24) is 20.5 Å². The highest BCUT2D eigenvalue weighted by atomic mass is 35.5. The number of H-pyrrole nitrogens is 1. The van der Waals surface area contributed by atoms with Crippen LogP contribution in [0.3, 0.4) is 0 Å². The first-order chi connectivity index (χ1) is 13.1. The van der Waals surface area contributed by atoms with Gasteiger partial charge >= 0.3 is 0 Å². The maximum Gasteiger partial charge on any atom is 0.265 e. The molecule has 146 valence electrons. The number of thiazole rings is 1. The van der Waals surface area contributed by atoms with Crippen molar-refractivity contribution in [3.8, 4) is 11.3 Å². The van der Waals surface area contributed by atoms with Gasteiger partial charge in [-0.25, -0.2) is 9.37 Å². The van der Waals surface area contributed by atoms with Crippen LogP contribution in [0, 0.1) is 5.82 Å². The summed E-state index contributed by atoms with van der Waals surface area (Å²) in [5.41, 5.74) is 16.3. The van der Waals surface area contributed by atoms with Gasteiger partial charge in [0.1, 0.15) is 16.4 Å². The molecule has 3 aromatic rings. The Bertz CT molecular complexity index is 1020. The zero-order valence-electron chi connectivity index (χ0n) is 14.3. The SMILES string of the molecule is Cl.NCc1c(C2(c3cn[nH]c3)NC(C(N)=O)=CS2)ccc(F)c1-c1cscn1. The van der Waals surface area contributed by atoms with Crippen LogP contribution in [0.15, 0.2) is 46.5 Å². The second-order valence-corrected chi connectivity index (χ2v) is 7.64. The van der Waals surface area contributed by atoms with Gasteiger partial charge in [-0.2, -0.15) is 5.10 Å². The standard InChI is InChI=1S/C17H15FN6OS2.ClH/c18-12-2-1-11(10(3-19)15(12)13-6-26-8-21-13)17(9-4-22-23-5-9)24-14(7-27-17)16(20)25;/h1-2,4-8,24H,3,19H2,(H2,20,25)(H,22,23);1H. The average Bonchev–Trinajstić information content (AvgIpc) is 3.41. The Kier molecular flexibility index (Phi) is 5.75. The molecule has 1 amide bonds. The van der Waals surface area contributed by atoms with Gasteiger partial charge in [-0.1, -0.05) is 17.8 Å². The monoisotopic (exact) mass is 438 g/mol. The largest absolute Gasteiger partial charge is 0.364 e. The predicted octanol–water partition coefficient (Wildman–Crippen LogP) is 2.42. The highest BCUT2D eigenvalue weighted by Crippen LogP contribution is 2.48. The van der Waals surface area contributed by atoms with Crippen molar-refractivity contribution in [2.45, 2.75) is 11.4 Å². The summed E-state index contributed by atoms with van der Waals surface area (Å²) in [6.07, 6.45) is 3.36. The van der Waals surface area contributed by atoms with Crippen LogP contribution in [0.25, 0.3) is 11.3 Å². The summed E-state index contributed by atoms with van der Waals surface area (Å²) in [6.45, 7) is 0.0910. The molecule has 0 saturated carbocycles. The summed E-state index contributed by atoms with van der Waals surface area (Å²) in [4.78, 5) is 15.0. The van der Waals surface area contributed by atoms with E-state index in [1.54, 1.807) is 34.8 Å². The van der Waals surface area contributed by atoms with Crippen molar-refractivity contribution >= 4 is 41.4 Å².